The van der Waals surface area contributed by atoms with Crippen LogP contribution in [0, 0.1) is 0 Å². The maximum atomic E-state index is 13.2. The monoisotopic (exact) mass is 433 g/mol. The minimum atomic E-state index is -4.49. The van der Waals surface area contributed by atoms with E-state index in [4.69, 9.17) is 0 Å². The van der Waals surface area contributed by atoms with Gasteiger partial charge < -0.3 is 4.90 Å². The van der Waals surface area contributed by atoms with E-state index in [2.05, 4.69) is 4.99 Å². The van der Waals surface area contributed by atoms with Crippen molar-refractivity contribution < 1.29 is 18.0 Å². The lowest BCUT2D eigenvalue weighted by Gasteiger charge is -2.18. The highest BCUT2D eigenvalue weighted by Crippen LogP contribution is 2.38. The third-order valence-electron chi connectivity index (χ3n) is 4.31. The molecule has 0 bridgehead atoms. The molecule has 8 heteroatoms. The normalized spacial score (nSPS) is 17.5. The van der Waals surface area contributed by atoms with Gasteiger partial charge >= 0.3 is 6.18 Å². The van der Waals surface area contributed by atoms with Crippen molar-refractivity contribution >= 4 is 40.3 Å². The maximum Gasteiger partial charge on any atom is 0.416 e. The number of benzene rings is 2. The molecule has 4 nitrogen and oxygen atoms in total. The summed E-state index contributed by atoms with van der Waals surface area (Å²) in [7, 11) is 3.87. The van der Waals surface area contributed by atoms with Crippen molar-refractivity contribution in [2.75, 3.05) is 23.9 Å². The van der Waals surface area contributed by atoms with Crippen LogP contribution in [0.4, 0.5) is 24.5 Å². The van der Waals surface area contributed by atoms with Gasteiger partial charge in [-0.1, -0.05) is 18.2 Å². The van der Waals surface area contributed by atoms with Gasteiger partial charge in [-0.25, -0.2) is 0 Å². The summed E-state index contributed by atoms with van der Waals surface area (Å²) < 4.78 is 39.5. The molecule has 2 aromatic carbocycles. The fourth-order valence-electron chi connectivity index (χ4n) is 2.85. The van der Waals surface area contributed by atoms with Crippen LogP contribution < -0.4 is 9.80 Å². The number of hydrogen-bond donors (Lipinski definition) is 0. The molecule has 158 valence electrons. The first-order chi connectivity index (χ1) is 14.1. The van der Waals surface area contributed by atoms with E-state index in [0.29, 0.717) is 10.1 Å². The number of rotatable bonds is 4. The van der Waals surface area contributed by atoms with Crippen LogP contribution in [-0.4, -0.2) is 31.2 Å². The number of amidine groups is 1. The average Bonchev–Trinajstić information content (AvgIpc) is 2.96. The third kappa shape index (κ3) is 4.87. The Morgan fingerprint density at radius 2 is 1.77 bits per heavy atom. The van der Waals surface area contributed by atoms with E-state index in [9.17, 15) is 18.0 Å². The second-order valence-corrected chi connectivity index (χ2v) is 8.30. The number of amides is 1. The minimum Gasteiger partial charge on any atom is -0.378 e. The van der Waals surface area contributed by atoms with Gasteiger partial charge in [0, 0.05) is 25.8 Å². The molecule has 1 fully saturated rings. The molecule has 0 N–H and O–H groups in total. The van der Waals surface area contributed by atoms with Crippen molar-refractivity contribution in [1.82, 2.24) is 0 Å². The fourth-order valence-corrected chi connectivity index (χ4v) is 3.96. The van der Waals surface area contributed by atoms with Crippen molar-refractivity contribution in [2.45, 2.75) is 26.1 Å². The molecule has 0 saturated carbocycles. The Hall–Kier alpha value is -2.74. The fraction of sp³-hybridized carbons (Fsp3) is 0.273. The minimum absolute atomic E-state index is 0.118. The van der Waals surface area contributed by atoms with Crippen molar-refractivity contribution in [1.29, 1.82) is 0 Å². The number of thioether (sulfide) groups is 1. The second-order valence-electron chi connectivity index (χ2n) is 7.29. The van der Waals surface area contributed by atoms with Crippen LogP contribution in [0.5, 0.6) is 0 Å². The molecule has 2 aromatic rings. The number of nitrogens with zero attached hydrogens (tertiary/aromatic N) is 3. The lowest BCUT2D eigenvalue weighted by atomic mass is 10.1. The molecule has 0 spiro atoms. The molecular weight excluding hydrogens is 411 g/mol. The van der Waals surface area contributed by atoms with E-state index in [1.54, 1.807) is 6.08 Å². The van der Waals surface area contributed by atoms with Crippen LogP contribution in [0.25, 0.3) is 6.08 Å². The first kappa shape index (κ1) is 22.0. The smallest absolute Gasteiger partial charge is 0.378 e. The molecule has 0 aromatic heterocycles. The summed E-state index contributed by atoms with van der Waals surface area (Å²) in [6, 6.07) is 12.3. The van der Waals surface area contributed by atoms with Gasteiger partial charge in [-0.3, -0.25) is 14.7 Å². The van der Waals surface area contributed by atoms with Crippen LogP contribution in [0.15, 0.2) is 58.4 Å². The lowest BCUT2D eigenvalue weighted by molar-refractivity contribution is -0.137. The largest absolute Gasteiger partial charge is 0.416 e. The number of halogens is 3. The molecule has 0 aliphatic carbocycles. The predicted molar refractivity (Wildman–Crippen MR) is 118 cm³/mol. The van der Waals surface area contributed by atoms with Crippen molar-refractivity contribution in [2.24, 2.45) is 4.99 Å². The molecule has 0 atom stereocenters. The van der Waals surface area contributed by atoms with Crippen LogP contribution in [0.1, 0.15) is 25.0 Å². The van der Waals surface area contributed by atoms with Gasteiger partial charge in [0.25, 0.3) is 5.91 Å². The van der Waals surface area contributed by atoms with E-state index >= 15 is 0 Å². The Morgan fingerprint density at radius 3 is 2.33 bits per heavy atom. The number of hydrogen-bond acceptors (Lipinski definition) is 4. The van der Waals surface area contributed by atoms with Gasteiger partial charge in [-0.05, 0) is 67.6 Å². The summed E-state index contributed by atoms with van der Waals surface area (Å²) in [5.74, 6) is -0.393. The lowest BCUT2D eigenvalue weighted by Crippen LogP contribution is -2.29. The number of alkyl halides is 3. The van der Waals surface area contributed by atoms with E-state index in [0.717, 1.165) is 35.1 Å². The highest BCUT2D eigenvalue weighted by atomic mass is 32.2. The Bertz CT molecular complexity index is 995. The van der Waals surface area contributed by atoms with Crippen LogP contribution >= 0.6 is 11.8 Å². The Labute approximate surface area is 178 Å². The average molecular weight is 433 g/mol. The molecule has 1 aliphatic rings. The molecule has 0 radical (unpaired) electrons. The first-order valence-electron chi connectivity index (χ1n) is 9.32. The zero-order valence-electron chi connectivity index (χ0n) is 17.1. The number of carbonyl (C=O) groups excluding carboxylic acids is 1. The van der Waals surface area contributed by atoms with E-state index in [1.807, 2.05) is 57.1 Å². The van der Waals surface area contributed by atoms with Crippen LogP contribution in [0.2, 0.25) is 0 Å². The van der Waals surface area contributed by atoms with E-state index < -0.39 is 17.6 Å². The van der Waals surface area contributed by atoms with Gasteiger partial charge in [-0.15, -0.1) is 0 Å². The van der Waals surface area contributed by atoms with Crippen LogP contribution in [0.3, 0.4) is 0 Å². The molecule has 1 amide bonds. The molecule has 1 aliphatic heterocycles. The summed E-state index contributed by atoms with van der Waals surface area (Å²) in [5, 5.41) is 0.366. The Kier molecular flexibility index (Phi) is 6.26. The zero-order chi connectivity index (χ0) is 22.1. The summed E-state index contributed by atoms with van der Waals surface area (Å²) in [6.45, 7) is 3.70. The highest BCUT2D eigenvalue weighted by molar-refractivity contribution is 8.19. The Morgan fingerprint density at radius 1 is 1.10 bits per heavy atom. The van der Waals surface area contributed by atoms with Crippen molar-refractivity contribution in [3.63, 3.8) is 0 Å². The first-order valence-corrected chi connectivity index (χ1v) is 10.1. The quantitative estimate of drug-likeness (QED) is 0.584. The number of anilines is 2. The molecule has 0 unspecified atom stereocenters. The second kappa shape index (κ2) is 8.55. The third-order valence-corrected chi connectivity index (χ3v) is 5.30. The zero-order valence-corrected chi connectivity index (χ0v) is 17.9. The van der Waals surface area contributed by atoms with E-state index in [1.165, 1.54) is 17.0 Å². The van der Waals surface area contributed by atoms with Gasteiger partial charge in [0.1, 0.15) is 0 Å². The molecule has 30 heavy (non-hydrogen) atoms. The van der Waals surface area contributed by atoms with Crippen molar-refractivity contribution in [3.05, 3.63) is 64.6 Å². The predicted octanol–water partition coefficient (Wildman–Crippen LogP) is 5.66. The number of aliphatic imine (C=N–C) groups is 1. The maximum absolute atomic E-state index is 13.2. The Balaban J connectivity index is 2.00. The van der Waals surface area contributed by atoms with Gasteiger partial charge in [0.05, 0.1) is 16.2 Å². The summed E-state index contributed by atoms with van der Waals surface area (Å²) in [4.78, 5) is 21.2. The molecule has 1 saturated heterocycles. The van der Waals surface area contributed by atoms with E-state index in [-0.39, 0.29) is 11.7 Å². The molecular formula is C22H22F3N3OS. The highest BCUT2D eigenvalue weighted by Gasteiger charge is 2.37. The topological polar surface area (TPSA) is 35.9 Å². The number of carbonyl (C=O) groups is 1. The van der Waals surface area contributed by atoms with Gasteiger partial charge in [-0.2, -0.15) is 13.2 Å². The summed E-state index contributed by atoms with van der Waals surface area (Å²) in [5.41, 5.74) is 1.19. The van der Waals surface area contributed by atoms with Gasteiger partial charge in [0.2, 0.25) is 0 Å². The SMILES string of the molecule is CC(C)N=C1SC(=Cc2ccc(N(C)C)cc2)C(=O)N1c1cccc(C(F)(F)F)c1. The van der Waals surface area contributed by atoms with Crippen LogP contribution in [-0.2, 0) is 11.0 Å². The molecule has 3 rings (SSSR count). The van der Waals surface area contributed by atoms with Gasteiger partial charge in [0.15, 0.2) is 5.17 Å². The summed E-state index contributed by atoms with van der Waals surface area (Å²) >= 11 is 1.16. The van der Waals surface area contributed by atoms with Crippen molar-refractivity contribution in [3.8, 4) is 0 Å². The standard InChI is InChI=1S/C22H22F3N3OS/c1-14(2)26-21-28(18-7-5-6-16(13-18)22(23,24)25)20(29)19(30-21)12-15-8-10-17(11-9-15)27(3)4/h5-14H,1-4H3. The summed E-state index contributed by atoms with van der Waals surface area (Å²) in [6.07, 6.45) is -2.76. The molecule has 1 heterocycles.